The van der Waals surface area contributed by atoms with Crippen molar-refractivity contribution in [1.29, 1.82) is 0 Å². The normalized spacial score (nSPS) is 14.8. The molecule has 0 radical (unpaired) electrons. The Balaban J connectivity index is 2.53. The molecule has 0 saturated heterocycles. The molecule has 0 aliphatic heterocycles. The SMILES string of the molecule is Cc1ccc(CS(=O)CCC(C)N)cc1C. The van der Waals surface area contributed by atoms with Crippen molar-refractivity contribution in [3.8, 4) is 0 Å². The minimum absolute atomic E-state index is 0.142. The van der Waals surface area contributed by atoms with Crippen molar-refractivity contribution >= 4 is 10.8 Å². The lowest BCUT2D eigenvalue weighted by atomic mass is 10.1. The molecule has 90 valence electrons. The van der Waals surface area contributed by atoms with E-state index in [2.05, 4.69) is 32.0 Å². The van der Waals surface area contributed by atoms with Gasteiger partial charge in [0.15, 0.2) is 0 Å². The van der Waals surface area contributed by atoms with Gasteiger partial charge < -0.3 is 5.73 Å². The smallest absolute Gasteiger partial charge is 0.0485 e. The lowest BCUT2D eigenvalue weighted by Gasteiger charge is -2.07. The van der Waals surface area contributed by atoms with Crippen molar-refractivity contribution in [2.24, 2.45) is 5.73 Å². The Morgan fingerprint density at radius 2 is 2.00 bits per heavy atom. The fourth-order valence-electron chi connectivity index (χ4n) is 1.47. The van der Waals surface area contributed by atoms with Crippen LogP contribution in [0.2, 0.25) is 0 Å². The zero-order chi connectivity index (χ0) is 12.1. The molecule has 0 fully saturated rings. The molecule has 0 aromatic heterocycles. The monoisotopic (exact) mass is 239 g/mol. The first kappa shape index (κ1) is 13.4. The first-order valence-electron chi connectivity index (χ1n) is 5.65. The second-order valence-electron chi connectivity index (χ2n) is 4.47. The van der Waals surface area contributed by atoms with Gasteiger partial charge in [-0.05, 0) is 43.9 Å². The molecule has 2 nitrogen and oxygen atoms in total. The third kappa shape index (κ3) is 4.45. The summed E-state index contributed by atoms with van der Waals surface area (Å²) in [7, 11) is -0.786. The summed E-state index contributed by atoms with van der Waals surface area (Å²) in [6, 6.07) is 6.42. The van der Waals surface area contributed by atoms with E-state index in [9.17, 15) is 4.21 Å². The maximum atomic E-state index is 11.8. The molecule has 16 heavy (non-hydrogen) atoms. The summed E-state index contributed by atoms with van der Waals surface area (Å²) in [5.41, 5.74) is 9.35. The summed E-state index contributed by atoms with van der Waals surface area (Å²) >= 11 is 0. The van der Waals surface area contributed by atoms with Gasteiger partial charge in [-0.2, -0.15) is 0 Å². The minimum atomic E-state index is -0.786. The average molecular weight is 239 g/mol. The van der Waals surface area contributed by atoms with E-state index in [1.807, 2.05) is 6.92 Å². The fourth-order valence-corrected chi connectivity index (χ4v) is 2.80. The second kappa shape index (κ2) is 6.16. The van der Waals surface area contributed by atoms with E-state index < -0.39 is 10.8 Å². The molecule has 0 aliphatic carbocycles. The van der Waals surface area contributed by atoms with Crippen molar-refractivity contribution in [2.75, 3.05) is 5.75 Å². The predicted molar refractivity (Wildman–Crippen MR) is 70.9 cm³/mol. The van der Waals surface area contributed by atoms with Gasteiger partial charge >= 0.3 is 0 Å². The van der Waals surface area contributed by atoms with Crippen molar-refractivity contribution in [3.05, 3.63) is 34.9 Å². The van der Waals surface area contributed by atoms with Crippen LogP contribution in [0, 0.1) is 13.8 Å². The van der Waals surface area contributed by atoms with Crippen LogP contribution in [0.25, 0.3) is 0 Å². The van der Waals surface area contributed by atoms with Gasteiger partial charge in [0.25, 0.3) is 0 Å². The molecular formula is C13H21NOS. The highest BCUT2D eigenvalue weighted by Crippen LogP contribution is 2.12. The highest BCUT2D eigenvalue weighted by atomic mass is 32.2. The van der Waals surface area contributed by atoms with Crippen LogP contribution in [-0.4, -0.2) is 16.0 Å². The maximum absolute atomic E-state index is 11.8. The first-order chi connectivity index (χ1) is 7.49. The van der Waals surface area contributed by atoms with Crippen molar-refractivity contribution in [1.82, 2.24) is 0 Å². The number of hydrogen-bond donors (Lipinski definition) is 1. The number of hydrogen-bond acceptors (Lipinski definition) is 2. The topological polar surface area (TPSA) is 43.1 Å². The zero-order valence-electron chi connectivity index (χ0n) is 10.3. The Labute approximate surface area is 101 Å². The Kier molecular flexibility index (Phi) is 5.16. The van der Waals surface area contributed by atoms with Gasteiger partial charge in [-0.3, -0.25) is 4.21 Å². The number of nitrogens with two attached hydrogens (primary N) is 1. The quantitative estimate of drug-likeness (QED) is 0.856. The van der Waals surface area contributed by atoms with Crippen LogP contribution in [0.5, 0.6) is 0 Å². The molecule has 0 bridgehead atoms. The van der Waals surface area contributed by atoms with E-state index in [0.717, 1.165) is 12.0 Å². The average Bonchev–Trinajstić information content (AvgIpc) is 2.21. The number of aryl methyl sites for hydroxylation is 2. The third-order valence-electron chi connectivity index (χ3n) is 2.70. The van der Waals surface area contributed by atoms with Gasteiger partial charge in [0.05, 0.1) is 0 Å². The van der Waals surface area contributed by atoms with Crippen LogP contribution in [0.4, 0.5) is 0 Å². The molecular weight excluding hydrogens is 218 g/mol. The molecule has 0 saturated carbocycles. The molecule has 1 aromatic carbocycles. The lowest BCUT2D eigenvalue weighted by molar-refractivity contribution is 0.667. The first-order valence-corrected chi connectivity index (χ1v) is 7.14. The molecule has 2 atom stereocenters. The van der Waals surface area contributed by atoms with Crippen LogP contribution in [-0.2, 0) is 16.6 Å². The number of rotatable bonds is 5. The predicted octanol–water partition coefficient (Wildman–Crippen LogP) is 2.29. The molecule has 0 heterocycles. The zero-order valence-corrected chi connectivity index (χ0v) is 11.1. The van der Waals surface area contributed by atoms with Crippen LogP contribution >= 0.6 is 0 Å². The summed E-state index contributed by atoms with van der Waals surface area (Å²) in [4.78, 5) is 0. The van der Waals surface area contributed by atoms with Crippen LogP contribution in [0.3, 0.4) is 0 Å². The fraction of sp³-hybridized carbons (Fsp3) is 0.538. The van der Waals surface area contributed by atoms with Gasteiger partial charge in [0.2, 0.25) is 0 Å². The molecule has 2 N–H and O–H groups in total. The summed E-state index contributed by atoms with van der Waals surface area (Å²) in [5.74, 6) is 1.35. The van der Waals surface area contributed by atoms with Crippen LogP contribution < -0.4 is 5.73 Å². The Bertz CT molecular complexity index is 374. The molecule has 1 rings (SSSR count). The van der Waals surface area contributed by atoms with Gasteiger partial charge in [0, 0.05) is 28.3 Å². The van der Waals surface area contributed by atoms with Crippen molar-refractivity contribution < 1.29 is 4.21 Å². The summed E-state index contributed by atoms with van der Waals surface area (Å²) in [6.45, 7) is 6.13. The highest BCUT2D eigenvalue weighted by Gasteiger charge is 2.04. The van der Waals surface area contributed by atoms with E-state index in [0.29, 0.717) is 11.5 Å². The standard InChI is InChI=1S/C13H21NOS/c1-10-4-5-13(8-11(10)2)9-16(15)7-6-12(3)14/h4-5,8,12H,6-7,9,14H2,1-3H3. The van der Waals surface area contributed by atoms with E-state index in [4.69, 9.17) is 5.73 Å². The third-order valence-corrected chi connectivity index (χ3v) is 4.05. The molecule has 0 aliphatic rings. The summed E-state index contributed by atoms with van der Waals surface area (Å²) < 4.78 is 11.8. The Morgan fingerprint density at radius 3 is 2.56 bits per heavy atom. The maximum Gasteiger partial charge on any atom is 0.0485 e. The van der Waals surface area contributed by atoms with Gasteiger partial charge in [0.1, 0.15) is 0 Å². The molecule has 0 amide bonds. The molecule has 2 unspecified atom stereocenters. The summed E-state index contributed by atoms with van der Waals surface area (Å²) in [5, 5.41) is 0. The van der Waals surface area contributed by atoms with E-state index >= 15 is 0 Å². The minimum Gasteiger partial charge on any atom is -0.328 e. The lowest BCUT2D eigenvalue weighted by Crippen LogP contribution is -2.18. The second-order valence-corrected chi connectivity index (χ2v) is 6.05. The van der Waals surface area contributed by atoms with Gasteiger partial charge in [-0.1, -0.05) is 18.2 Å². The Hall–Kier alpha value is -0.670. The van der Waals surface area contributed by atoms with Crippen LogP contribution in [0.15, 0.2) is 18.2 Å². The van der Waals surface area contributed by atoms with E-state index in [1.54, 1.807) is 0 Å². The van der Waals surface area contributed by atoms with Crippen LogP contribution in [0.1, 0.15) is 30.0 Å². The van der Waals surface area contributed by atoms with Gasteiger partial charge in [-0.15, -0.1) is 0 Å². The molecule has 0 spiro atoms. The summed E-state index contributed by atoms with van der Waals surface area (Å²) in [6.07, 6.45) is 0.831. The highest BCUT2D eigenvalue weighted by molar-refractivity contribution is 7.84. The molecule has 3 heteroatoms. The van der Waals surface area contributed by atoms with E-state index in [1.165, 1.54) is 11.1 Å². The largest absolute Gasteiger partial charge is 0.328 e. The van der Waals surface area contributed by atoms with Crippen molar-refractivity contribution in [2.45, 2.75) is 39.0 Å². The Morgan fingerprint density at radius 1 is 1.31 bits per heavy atom. The molecule has 1 aromatic rings. The number of benzene rings is 1. The van der Waals surface area contributed by atoms with E-state index in [-0.39, 0.29) is 6.04 Å². The van der Waals surface area contributed by atoms with Crippen molar-refractivity contribution in [3.63, 3.8) is 0 Å². The van der Waals surface area contributed by atoms with Gasteiger partial charge in [-0.25, -0.2) is 0 Å².